The molecule has 0 spiro atoms. The molecule has 1 fully saturated rings. The van der Waals surface area contributed by atoms with Gasteiger partial charge in [0.25, 0.3) is 12.1 Å². The number of halogens is 2. The fourth-order valence-electron chi connectivity index (χ4n) is 3.18. The number of nitrogens with zero attached hydrogens (tertiary/aromatic N) is 7. The molecule has 0 aliphatic carbocycles. The van der Waals surface area contributed by atoms with E-state index in [0.717, 1.165) is 0 Å². The van der Waals surface area contributed by atoms with E-state index in [1.807, 2.05) is 0 Å². The molecule has 10 nitrogen and oxygen atoms in total. The van der Waals surface area contributed by atoms with Gasteiger partial charge in [0.2, 0.25) is 11.8 Å². The van der Waals surface area contributed by atoms with Gasteiger partial charge in [0.15, 0.2) is 0 Å². The molecular formula is C20H18F2N8O2. The third kappa shape index (κ3) is 4.31. The lowest BCUT2D eigenvalue weighted by molar-refractivity contribution is -0.120. The standard InChI is InChI=1S/C20H18F2N8O2/c1-12-16(30(28-25-12)14-5-3-13(4-6-14)19(21)22)11-32-20-15(23-2)9-17(26-27-20)29-8-7-24-18(31)10-29/h3-6,9,19H,7-8,10-11H2,1H3,(H,24,31). The van der Waals surface area contributed by atoms with Crippen molar-refractivity contribution in [3.8, 4) is 11.6 Å². The quantitative estimate of drug-likeness (QED) is 0.587. The zero-order valence-corrected chi connectivity index (χ0v) is 17.0. The Bertz CT molecular complexity index is 1170. The monoisotopic (exact) mass is 440 g/mol. The number of aryl methyl sites for hydroxylation is 1. The molecule has 3 heterocycles. The molecule has 3 aromatic rings. The van der Waals surface area contributed by atoms with E-state index >= 15 is 0 Å². The molecule has 1 aliphatic rings. The van der Waals surface area contributed by atoms with Crippen LogP contribution in [0.3, 0.4) is 0 Å². The number of aromatic nitrogens is 5. The lowest BCUT2D eigenvalue weighted by Gasteiger charge is -2.27. The molecule has 1 N–H and O–H groups in total. The Morgan fingerprint density at radius 1 is 1.25 bits per heavy atom. The van der Waals surface area contributed by atoms with Crippen molar-refractivity contribution in [2.75, 3.05) is 24.5 Å². The Hall–Kier alpha value is -4.14. The van der Waals surface area contributed by atoms with Crippen molar-refractivity contribution in [2.45, 2.75) is 20.0 Å². The lowest BCUT2D eigenvalue weighted by atomic mass is 10.2. The van der Waals surface area contributed by atoms with E-state index in [0.29, 0.717) is 36.0 Å². The van der Waals surface area contributed by atoms with E-state index in [9.17, 15) is 13.6 Å². The maximum atomic E-state index is 12.8. The SMILES string of the molecule is [C-]#[N+]c1cc(N2CCNC(=O)C2)nnc1OCc1c(C)nnn1-c1ccc(C(F)F)cc1. The topological polar surface area (TPSA) is 102 Å². The van der Waals surface area contributed by atoms with Crippen LogP contribution in [0.5, 0.6) is 5.88 Å². The van der Waals surface area contributed by atoms with Crippen molar-refractivity contribution in [1.29, 1.82) is 0 Å². The molecule has 1 aromatic carbocycles. The van der Waals surface area contributed by atoms with Gasteiger partial charge in [0.1, 0.15) is 18.1 Å². The first-order valence-electron chi connectivity index (χ1n) is 9.65. The summed E-state index contributed by atoms with van der Waals surface area (Å²) in [6.45, 7) is 10.4. The summed E-state index contributed by atoms with van der Waals surface area (Å²) in [5, 5.41) is 18.9. The third-order valence-corrected chi connectivity index (χ3v) is 4.90. The fourth-order valence-corrected chi connectivity index (χ4v) is 3.18. The summed E-state index contributed by atoms with van der Waals surface area (Å²) >= 11 is 0. The van der Waals surface area contributed by atoms with E-state index in [4.69, 9.17) is 11.3 Å². The highest BCUT2D eigenvalue weighted by molar-refractivity contribution is 5.82. The number of piperazine rings is 1. The number of benzene rings is 1. The summed E-state index contributed by atoms with van der Waals surface area (Å²) in [5.41, 5.74) is 1.76. The van der Waals surface area contributed by atoms with Crippen molar-refractivity contribution in [3.63, 3.8) is 0 Å². The Morgan fingerprint density at radius 2 is 2.03 bits per heavy atom. The van der Waals surface area contributed by atoms with Gasteiger partial charge < -0.3 is 15.0 Å². The molecule has 0 unspecified atom stereocenters. The second-order valence-corrected chi connectivity index (χ2v) is 6.99. The van der Waals surface area contributed by atoms with Crippen molar-refractivity contribution < 1.29 is 18.3 Å². The van der Waals surface area contributed by atoms with Crippen LogP contribution in [0.2, 0.25) is 0 Å². The van der Waals surface area contributed by atoms with E-state index in [2.05, 4.69) is 30.7 Å². The van der Waals surface area contributed by atoms with Crippen LogP contribution >= 0.6 is 0 Å². The number of ether oxygens (including phenoxy) is 1. The minimum atomic E-state index is -2.56. The normalized spacial score (nSPS) is 13.7. The molecule has 32 heavy (non-hydrogen) atoms. The van der Waals surface area contributed by atoms with Crippen LogP contribution in [0.25, 0.3) is 10.5 Å². The van der Waals surface area contributed by atoms with Crippen molar-refractivity contribution >= 4 is 17.4 Å². The summed E-state index contributed by atoms with van der Waals surface area (Å²) in [6.07, 6.45) is -2.56. The second kappa shape index (κ2) is 8.93. The molecule has 4 rings (SSSR count). The van der Waals surface area contributed by atoms with E-state index in [-0.39, 0.29) is 36.2 Å². The molecule has 0 atom stereocenters. The Labute approximate surface area is 181 Å². The molecule has 2 aromatic heterocycles. The molecule has 1 aliphatic heterocycles. The number of carbonyl (C=O) groups excluding carboxylic acids is 1. The molecule has 12 heteroatoms. The molecule has 1 amide bonds. The predicted octanol–water partition coefficient (Wildman–Crippen LogP) is 2.37. The van der Waals surface area contributed by atoms with Gasteiger partial charge in [0, 0.05) is 18.7 Å². The van der Waals surface area contributed by atoms with Gasteiger partial charge >= 0.3 is 0 Å². The van der Waals surface area contributed by atoms with Gasteiger partial charge in [-0.05, 0) is 25.1 Å². The van der Waals surface area contributed by atoms with Crippen molar-refractivity contribution in [1.82, 2.24) is 30.5 Å². The van der Waals surface area contributed by atoms with Gasteiger partial charge in [-0.2, -0.15) is 0 Å². The summed E-state index contributed by atoms with van der Waals surface area (Å²) in [5.74, 6) is 0.325. The van der Waals surface area contributed by atoms with Crippen LogP contribution in [0.1, 0.15) is 23.4 Å². The van der Waals surface area contributed by atoms with Crippen molar-refractivity contribution in [2.24, 2.45) is 0 Å². The van der Waals surface area contributed by atoms with Gasteiger partial charge in [0.05, 0.1) is 24.5 Å². The lowest BCUT2D eigenvalue weighted by Crippen LogP contribution is -2.48. The fraction of sp³-hybridized carbons (Fsp3) is 0.300. The first-order chi connectivity index (χ1) is 15.5. The molecule has 0 bridgehead atoms. The van der Waals surface area contributed by atoms with Gasteiger partial charge in [-0.15, -0.1) is 15.3 Å². The summed E-state index contributed by atoms with van der Waals surface area (Å²) in [7, 11) is 0. The zero-order chi connectivity index (χ0) is 22.7. The average Bonchev–Trinajstić information content (AvgIpc) is 3.17. The number of hydrogen-bond acceptors (Lipinski definition) is 7. The number of anilines is 1. The molecule has 164 valence electrons. The van der Waals surface area contributed by atoms with Crippen LogP contribution in [0, 0.1) is 13.5 Å². The Morgan fingerprint density at radius 3 is 2.72 bits per heavy atom. The van der Waals surface area contributed by atoms with Crippen LogP contribution in [-0.4, -0.2) is 50.7 Å². The van der Waals surface area contributed by atoms with E-state index < -0.39 is 6.43 Å². The summed E-state index contributed by atoms with van der Waals surface area (Å²) in [4.78, 5) is 16.8. The number of alkyl halides is 2. The van der Waals surface area contributed by atoms with Crippen LogP contribution in [-0.2, 0) is 11.4 Å². The van der Waals surface area contributed by atoms with Gasteiger partial charge in [-0.1, -0.05) is 17.3 Å². The van der Waals surface area contributed by atoms with E-state index in [1.165, 1.54) is 35.0 Å². The van der Waals surface area contributed by atoms with Gasteiger partial charge in [-0.25, -0.2) is 18.3 Å². The molecule has 1 saturated heterocycles. The van der Waals surface area contributed by atoms with Gasteiger partial charge in [-0.3, -0.25) is 4.79 Å². The maximum Gasteiger partial charge on any atom is 0.263 e. The van der Waals surface area contributed by atoms with Crippen LogP contribution in [0.15, 0.2) is 30.3 Å². The number of nitrogens with one attached hydrogen (secondary N) is 1. The summed E-state index contributed by atoms with van der Waals surface area (Å²) < 4.78 is 32.8. The van der Waals surface area contributed by atoms with Crippen molar-refractivity contribution in [3.05, 3.63) is 58.7 Å². The van der Waals surface area contributed by atoms with E-state index in [1.54, 1.807) is 11.8 Å². The smallest absolute Gasteiger partial charge is 0.263 e. The second-order valence-electron chi connectivity index (χ2n) is 6.99. The predicted molar refractivity (Wildman–Crippen MR) is 109 cm³/mol. The van der Waals surface area contributed by atoms with Crippen LogP contribution in [0.4, 0.5) is 20.3 Å². The minimum absolute atomic E-state index is 0.0158. The Kier molecular flexibility index (Phi) is 5.89. The first-order valence-corrected chi connectivity index (χ1v) is 9.65. The maximum absolute atomic E-state index is 12.8. The molecule has 0 saturated carbocycles. The molecular weight excluding hydrogens is 422 g/mol. The third-order valence-electron chi connectivity index (χ3n) is 4.90. The number of hydrogen-bond donors (Lipinski definition) is 1. The highest BCUT2D eigenvalue weighted by Crippen LogP contribution is 2.29. The largest absolute Gasteiger partial charge is 0.479 e. The summed E-state index contributed by atoms with van der Waals surface area (Å²) in [6, 6.07) is 7.22. The highest BCUT2D eigenvalue weighted by Gasteiger charge is 2.20. The average molecular weight is 440 g/mol. The molecule has 0 radical (unpaired) electrons. The zero-order valence-electron chi connectivity index (χ0n) is 17.0. The highest BCUT2D eigenvalue weighted by atomic mass is 19.3. The minimum Gasteiger partial charge on any atom is -0.479 e. The number of amides is 1. The first kappa shape index (κ1) is 21.1. The van der Waals surface area contributed by atoms with Crippen LogP contribution < -0.4 is 15.0 Å². The number of carbonyl (C=O) groups is 1. The number of rotatable bonds is 6. The Balaban J connectivity index is 1.53.